The molecule has 0 aliphatic rings. The van der Waals surface area contributed by atoms with E-state index in [2.05, 4.69) is 9.05 Å². The van der Waals surface area contributed by atoms with Gasteiger partial charge in [-0.1, -0.05) is 13.8 Å². The molecule has 0 N–H and O–H groups in total. The fourth-order valence-corrected chi connectivity index (χ4v) is 0.974. The zero-order chi connectivity index (χ0) is 7.82. The third kappa shape index (κ3) is 6.25. The second kappa shape index (κ2) is 7.24. The zero-order valence-corrected chi connectivity index (χ0v) is 8.14. The Balaban J connectivity index is 3.09. The highest BCUT2D eigenvalue weighted by Crippen LogP contribution is 2.17. The Kier molecular flexibility index (Phi) is 7.33. The Labute approximate surface area is 64.6 Å². The van der Waals surface area contributed by atoms with Crippen LogP contribution in [0.25, 0.3) is 0 Å². The maximum absolute atomic E-state index is 10.5. The molecule has 0 spiro atoms. The van der Waals surface area contributed by atoms with Crippen molar-refractivity contribution in [2.75, 3.05) is 12.3 Å². The minimum Gasteiger partial charge on any atom is -0.417 e. The van der Waals surface area contributed by atoms with Gasteiger partial charge in [0, 0.05) is 0 Å². The lowest BCUT2D eigenvalue weighted by Crippen LogP contribution is -1.94. The van der Waals surface area contributed by atoms with Crippen molar-refractivity contribution in [1.82, 2.24) is 0 Å². The number of carbonyl (C=O) groups excluding carboxylic acids is 1. The summed E-state index contributed by atoms with van der Waals surface area (Å²) in [5.74, 6) is 0. The van der Waals surface area contributed by atoms with Crippen LogP contribution in [0, 0.1) is 0 Å². The second-order valence-corrected chi connectivity index (χ2v) is 3.85. The molecule has 60 valence electrons. The van der Waals surface area contributed by atoms with Crippen molar-refractivity contribution in [2.24, 2.45) is 0 Å². The van der Waals surface area contributed by atoms with Gasteiger partial charge in [-0.2, -0.15) is 0 Å². The van der Waals surface area contributed by atoms with E-state index < -0.39 is 6.16 Å². The first kappa shape index (κ1) is 10.1. The van der Waals surface area contributed by atoms with Crippen molar-refractivity contribution in [1.29, 1.82) is 0 Å². The number of hydrogen-bond donors (Lipinski definition) is 0. The monoisotopic (exact) mass is 182 g/mol. The van der Waals surface area contributed by atoms with Crippen molar-refractivity contribution < 1.29 is 13.8 Å². The van der Waals surface area contributed by atoms with Crippen LogP contribution < -0.4 is 0 Å². The average molecular weight is 182 g/mol. The van der Waals surface area contributed by atoms with Gasteiger partial charge in [-0.3, -0.25) is 0 Å². The van der Waals surface area contributed by atoms with Crippen LogP contribution in [0.15, 0.2) is 0 Å². The van der Waals surface area contributed by atoms with Crippen LogP contribution >= 0.6 is 17.6 Å². The van der Waals surface area contributed by atoms with E-state index in [1.807, 2.05) is 13.8 Å². The van der Waals surface area contributed by atoms with Gasteiger partial charge in [0.15, 0.2) is 0 Å². The maximum Gasteiger partial charge on any atom is 0.513 e. The fourth-order valence-electron chi connectivity index (χ4n) is 0.283. The van der Waals surface area contributed by atoms with Gasteiger partial charge in [-0.25, -0.2) is 4.79 Å². The Morgan fingerprint density at radius 1 is 1.20 bits per heavy atom. The van der Waals surface area contributed by atoms with Crippen LogP contribution in [0.1, 0.15) is 13.8 Å². The highest BCUT2D eigenvalue weighted by molar-refractivity contribution is 7.34. The highest BCUT2D eigenvalue weighted by atomic mass is 31.1. The standard InChI is InChI=1S/C5H12O3P2/c1-3-9-7-5(6)8-10-4-2/h9-10H,3-4H2,1-2H3. The van der Waals surface area contributed by atoms with E-state index >= 15 is 0 Å². The molecule has 0 heterocycles. The molecule has 3 nitrogen and oxygen atoms in total. The summed E-state index contributed by atoms with van der Waals surface area (Å²) in [4.78, 5) is 10.5. The predicted molar refractivity (Wildman–Crippen MR) is 45.3 cm³/mol. The van der Waals surface area contributed by atoms with Gasteiger partial charge >= 0.3 is 6.16 Å². The van der Waals surface area contributed by atoms with Gasteiger partial charge in [0.2, 0.25) is 0 Å². The van der Waals surface area contributed by atoms with Crippen molar-refractivity contribution in [3.63, 3.8) is 0 Å². The molecule has 0 fully saturated rings. The number of rotatable bonds is 4. The molecule has 5 heteroatoms. The smallest absolute Gasteiger partial charge is 0.417 e. The Morgan fingerprint density at radius 2 is 1.60 bits per heavy atom. The average Bonchev–Trinajstić information content (AvgIpc) is 1.97. The minimum atomic E-state index is -0.527. The third-order valence-corrected chi connectivity index (χ3v) is 1.80. The molecule has 0 aliphatic carbocycles. The lowest BCUT2D eigenvalue weighted by molar-refractivity contribution is 0.165. The number of hydrogen-bond acceptors (Lipinski definition) is 3. The van der Waals surface area contributed by atoms with Crippen molar-refractivity contribution in [2.45, 2.75) is 13.8 Å². The van der Waals surface area contributed by atoms with Crippen LogP contribution in [-0.4, -0.2) is 18.5 Å². The summed E-state index contributed by atoms with van der Waals surface area (Å²) in [5, 5.41) is 0. The van der Waals surface area contributed by atoms with Crippen LogP contribution in [0.3, 0.4) is 0 Å². The molecule has 0 amide bonds. The van der Waals surface area contributed by atoms with Gasteiger partial charge in [0.25, 0.3) is 0 Å². The molecule has 0 rings (SSSR count). The van der Waals surface area contributed by atoms with Crippen LogP contribution in [0.4, 0.5) is 4.79 Å². The molecule has 0 aromatic heterocycles. The molecule has 0 aliphatic heterocycles. The fraction of sp³-hybridized carbons (Fsp3) is 0.800. The highest BCUT2D eigenvalue weighted by Gasteiger charge is 1.99. The summed E-state index contributed by atoms with van der Waals surface area (Å²) in [6.07, 6.45) is 1.20. The molecule has 2 atom stereocenters. The molecule has 10 heavy (non-hydrogen) atoms. The molecule has 0 saturated carbocycles. The van der Waals surface area contributed by atoms with Gasteiger partial charge in [-0.15, -0.1) is 0 Å². The Hall–Kier alpha value is 0.130. The SMILES string of the molecule is CCPOC(=O)OPCC. The molecular weight excluding hydrogens is 170 g/mol. The molecule has 0 bridgehead atoms. The summed E-state index contributed by atoms with van der Waals surface area (Å²) in [7, 11) is 0.473. The molecule has 0 aromatic carbocycles. The van der Waals surface area contributed by atoms with Gasteiger partial charge in [-0.05, 0) is 12.3 Å². The van der Waals surface area contributed by atoms with E-state index in [0.717, 1.165) is 12.3 Å². The molecule has 0 aromatic rings. The van der Waals surface area contributed by atoms with E-state index in [1.54, 1.807) is 0 Å². The maximum atomic E-state index is 10.5. The quantitative estimate of drug-likeness (QED) is 0.626. The summed E-state index contributed by atoms with van der Waals surface area (Å²) in [6, 6.07) is 0. The second-order valence-electron chi connectivity index (χ2n) is 1.45. The first-order chi connectivity index (χ1) is 4.81. The van der Waals surface area contributed by atoms with Crippen molar-refractivity contribution >= 4 is 23.8 Å². The first-order valence-corrected chi connectivity index (χ1v) is 5.37. The van der Waals surface area contributed by atoms with Crippen LogP contribution in [0.2, 0.25) is 0 Å². The Bertz CT molecular complexity index is 86.9. The predicted octanol–water partition coefficient (Wildman–Crippen LogP) is 2.37. The molecule has 0 saturated heterocycles. The van der Waals surface area contributed by atoms with Gasteiger partial charge < -0.3 is 9.05 Å². The molecule has 0 radical (unpaired) electrons. The minimum absolute atomic E-state index is 0.236. The summed E-state index contributed by atoms with van der Waals surface area (Å²) in [6.45, 7) is 3.90. The summed E-state index contributed by atoms with van der Waals surface area (Å²) >= 11 is 0. The van der Waals surface area contributed by atoms with Gasteiger partial charge in [0.05, 0.1) is 17.6 Å². The summed E-state index contributed by atoms with van der Waals surface area (Å²) < 4.78 is 9.33. The van der Waals surface area contributed by atoms with Gasteiger partial charge in [0.1, 0.15) is 0 Å². The van der Waals surface area contributed by atoms with Crippen molar-refractivity contribution in [3.05, 3.63) is 0 Å². The van der Waals surface area contributed by atoms with E-state index in [1.165, 1.54) is 0 Å². The van der Waals surface area contributed by atoms with E-state index in [0.29, 0.717) is 0 Å². The molecular formula is C5H12O3P2. The van der Waals surface area contributed by atoms with E-state index in [9.17, 15) is 4.79 Å². The van der Waals surface area contributed by atoms with Crippen LogP contribution in [-0.2, 0) is 9.05 Å². The molecule has 2 unspecified atom stereocenters. The normalized spacial score (nSPS) is 11.4. The number of carbonyl (C=O) groups is 1. The topological polar surface area (TPSA) is 35.5 Å². The van der Waals surface area contributed by atoms with Crippen molar-refractivity contribution in [3.8, 4) is 0 Å². The van der Waals surface area contributed by atoms with E-state index in [4.69, 9.17) is 0 Å². The first-order valence-electron chi connectivity index (χ1n) is 3.14. The lowest BCUT2D eigenvalue weighted by atomic mass is 11.0. The Morgan fingerprint density at radius 3 is 1.90 bits per heavy atom. The largest absolute Gasteiger partial charge is 0.513 e. The lowest BCUT2D eigenvalue weighted by Gasteiger charge is -2.01. The third-order valence-electron chi connectivity index (χ3n) is 0.600. The summed E-state index contributed by atoms with van der Waals surface area (Å²) in [5.41, 5.74) is 0. The zero-order valence-electron chi connectivity index (χ0n) is 6.14. The van der Waals surface area contributed by atoms with E-state index in [-0.39, 0.29) is 17.6 Å². The van der Waals surface area contributed by atoms with Crippen LogP contribution in [0.5, 0.6) is 0 Å².